The van der Waals surface area contributed by atoms with Crippen molar-refractivity contribution in [2.45, 2.75) is 6.92 Å². The zero-order valence-corrected chi connectivity index (χ0v) is 16.6. The Balaban J connectivity index is 1.36. The number of aromatic amines is 1. The third-order valence-electron chi connectivity index (χ3n) is 4.17. The highest BCUT2D eigenvalue weighted by molar-refractivity contribution is 8.18. The second-order valence-corrected chi connectivity index (χ2v) is 7.20. The molecule has 0 atom stereocenters. The molecule has 3 amide bonds. The molecule has 3 aromatic rings. The van der Waals surface area contributed by atoms with Crippen molar-refractivity contribution in [1.82, 2.24) is 40.2 Å². The van der Waals surface area contributed by atoms with E-state index in [1.807, 2.05) is 30.3 Å². The van der Waals surface area contributed by atoms with Gasteiger partial charge in [0.15, 0.2) is 0 Å². The van der Waals surface area contributed by atoms with Gasteiger partial charge in [0.2, 0.25) is 11.8 Å². The fourth-order valence-electron chi connectivity index (χ4n) is 2.74. The maximum absolute atomic E-state index is 12.5. The van der Waals surface area contributed by atoms with Crippen molar-refractivity contribution in [3.8, 4) is 5.95 Å². The summed E-state index contributed by atoms with van der Waals surface area (Å²) in [6.07, 6.45) is 2.99. The zero-order valence-electron chi connectivity index (χ0n) is 15.8. The summed E-state index contributed by atoms with van der Waals surface area (Å²) in [5, 5.41) is 12.7. The van der Waals surface area contributed by atoms with E-state index in [9.17, 15) is 14.4 Å². The number of carbonyl (C=O) groups excluding carboxylic acids is 3. The number of imide groups is 1. The molecule has 2 aromatic heterocycles. The minimum atomic E-state index is -0.525. The van der Waals surface area contributed by atoms with Crippen LogP contribution in [0.5, 0.6) is 0 Å². The lowest BCUT2D eigenvalue weighted by molar-refractivity contribution is -0.122. The monoisotopic (exact) mass is 424 g/mol. The third-order valence-corrected chi connectivity index (χ3v) is 5.07. The van der Waals surface area contributed by atoms with Crippen LogP contribution in [0.1, 0.15) is 22.0 Å². The second kappa shape index (κ2) is 8.29. The van der Waals surface area contributed by atoms with Crippen molar-refractivity contribution in [1.29, 1.82) is 0 Å². The van der Waals surface area contributed by atoms with Crippen molar-refractivity contribution in [2.75, 3.05) is 13.1 Å². The number of H-pyrrole nitrogens is 1. The summed E-state index contributed by atoms with van der Waals surface area (Å²) < 4.78 is 1.35. The molecule has 4 rings (SSSR count). The molecule has 0 unspecified atom stereocenters. The smallest absolute Gasteiger partial charge is 0.293 e. The van der Waals surface area contributed by atoms with E-state index in [1.54, 1.807) is 13.0 Å². The van der Waals surface area contributed by atoms with Crippen LogP contribution >= 0.6 is 11.8 Å². The average Bonchev–Trinajstić information content (AvgIpc) is 3.45. The third kappa shape index (κ3) is 3.98. The Bertz CT molecular complexity index is 1120. The number of thioether (sulfide) groups is 1. The van der Waals surface area contributed by atoms with Crippen LogP contribution in [0, 0.1) is 6.92 Å². The molecule has 11 nitrogen and oxygen atoms in total. The van der Waals surface area contributed by atoms with Crippen molar-refractivity contribution >= 4 is 34.9 Å². The summed E-state index contributed by atoms with van der Waals surface area (Å²) in [5.41, 5.74) is 0.833. The molecule has 1 aromatic carbocycles. The number of hydrogen-bond acceptors (Lipinski definition) is 8. The second-order valence-electron chi connectivity index (χ2n) is 6.20. The fourth-order valence-corrected chi connectivity index (χ4v) is 3.61. The Morgan fingerprint density at radius 1 is 1.27 bits per heavy atom. The zero-order chi connectivity index (χ0) is 21.1. The summed E-state index contributed by atoms with van der Waals surface area (Å²) in [6.45, 7) is 1.79. The van der Waals surface area contributed by atoms with Crippen molar-refractivity contribution in [3.63, 3.8) is 0 Å². The quantitative estimate of drug-likeness (QED) is 0.562. The molecule has 0 aliphatic carbocycles. The van der Waals surface area contributed by atoms with Crippen LogP contribution in [0.3, 0.4) is 0 Å². The molecule has 0 bridgehead atoms. The van der Waals surface area contributed by atoms with Gasteiger partial charge >= 0.3 is 0 Å². The molecule has 0 radical (unpaired) electrons. The van der Waals surface area contributed by atoms with Gasteiger partial charge in [-0.1, -0.05) is 30.3 Å². The lowest BCUT2D eigenvalue weighted by Crippen LogP contribution is -2.37. The normalized spacial score (nSPS) is 15.2. The molecular weight excluding hydrogens is 408 g/mol. The van der Waals surface area contributed by atoms with Gasteiger partial charge < -0.3 is 5.32 Å². The highest BCUT2D eigenvalue weighted by atomic mass is 32.2. The number of aryl methyl sites for hydroxylation is 1. The molecule has 1 aliphatic heterocycles. The van der Waals surface area contributed by atoms with Crippen molar-refractivity contribution in [3.05, 3.63) is 58.8 Å². The van der Waals surface area contributed by atoms with E-state index in [0.717, 1.165) is 22.2 Å². The molecule has 12 heteroatoms. The van der Waals surface area contributed by atoms with E-state index < -0.39 is 5.91 Å². The topological polar surface area (TPSA) is 139 Å². The van der Waals surface area contributed by atoms with Gasteiger partial charge in [0.05, 0.1) is 4.91 Å². The Labute approximate surface area is 174 Å². The molecule has 3 heterocycles. The maximum atomic E-state index is 12.5. The first-order valence-corrected chi connectivity index (χ1v) is 9.72. The number of hydrogen-bond donors (Lipinski definition) is 2. The average molecular weight is 424 g/mol. The number of nitrogens with zero attached hydrogens (tertiary/aromatic N) is 6. The Hall–Kier alpha value is -3.80. The van der Waals surface area contributed by atoms with E-state index in [4.69, 9.17) is 0 Å². The maximum Gasteiger partial charge on any atom is 0.293 e. The molecular formula is C18H16N8O3S. The minimum absolute atomic E-state index is 0.0460. The van der Waals surface area contributed by atoms with Crippen LogP contribution in [0.15, 0.2) is 41.6 Å². The van der Waals surface area contributed by atoms with Crippen molar-refractivity contribution < 1.29 is 14.4 Å². The van der Waals surface area contributed by atoms with Crippen LogP contribution in [0.2, 0.25) is 0 Å². The van der Waals surface area contributed by atoms with Crippen LogP contribution in [0.4, 0.5) is 4.79 Å². The van der Waals surface area contributed by atoms with Gasteiger partial charge in [0.1, 0.15) is 12.2 Å². The predicted octanol–water partition coefficient (Wildman–Crippen LogP) is 1.16. The van der Waals surface area contributed by atoms with E-state index in [-0.39, 0.29) is 30.1 Å². The summed E-state index contributed by atoms with van der Waals surface area (Å²) in [4.78, 5) is 46.5. The minimum Gasteiger partial charge on any atom is -0.347 e. The number of benzene rings is 1. The van der Waals surface area contributed by atoms with Gasteiger partial charge in [-0.3, -0.25) is 19.3 Å². The van der Waals surface area contributed by atoms with Gasteiger partial charge in [-0.2, -0.15) is 14.8 Å². The lowest BCUT2D eigenvalue weighted by Gasteiger charge is -2.12. The summed E-state index contributed by atoms with van der Waals surface area (Å²) in [7, 11) is 0. The van der Waals surface area contributed by atoms with Gasteiger partial charge in [-0.15, -0.1) is 5.10 Å². The molecule has 1 saturated heterocycles. The van der Waals surface area contributed by atoms with Gasteiger partial charge in [0, 0.05) is 13.1 Å². The van der Waals surface area contributed by atoms with Gasteiger partial charge in [-0.05, 0) is 30.3 Å². The predicted molar refractivity (Wildman–Crippen MR) is 107 cm³/mol. The first kappa shape index (κ1) is 19.5. The van der Waals surface area contributed by atoms with Crippen LogP contribution in [0.25, 0.3) is 12.0 Å². The first-order chi connectivity index (χ1) is 14.5. The number of carbonyl (C=O) groups is 3. The van der Waals surface area contributed by atoms with Gasteiger partial charge in [-0.25, -0.2) is 10.1 Å². The van der Waals surface area contributed by atoms with Crippen LogP contribution in [-0.4, -0.2) is 65.0 Å². The van der Waals surface area contributed by atoms with E-state index >= 15 is 0 Å². The van der Waals surface area contributed by atoms with E-state index in [0.29, 0.717) is 16.7 Å². The van der Waals surface area contributed by atoms with E-state index in [1.165, 1.54) is 11.0 Å². The molecule has 30 heavy (non-hydrogen) atoms. The molecule has 1 fully saturated rings. The molecule has 0 spiro atoms. The van der Waals surface area contributed by atoms with Crippen molar-refractivity contribution in [2.24, 2.45) is 0 Å². The standard InChI is InChI=1S/C18H16N8O3S/c1-11-22-14(24-26(11)17-20-10-21-23-17)15(27)19-7-8-25-16(28)13(30-18(25)29)9-12-5-3-2-4-6-12/h2-6,9-10H,7-8H2,1H3,(H,19,27)(H,20,21,23)/b13-9+. The fraction of sp³-hybridized carbons (Fsp3) is 0.167. The first-order valence-electron chi connectivity index (χ1n) is 8.91. The highest BCUT2D eigenvalue weighted by Crippen LogP contribution is 2.31. The molecule has 1 aliphatic rings. The van der Waals surface area contributed by atoms with Crippen LogP contribution < -0.4 is 5.32 Å². The van der Waals surface area contributed by atoms with Crippen LogP contribution in [-0.2, 0) is 4.79 Å². The number of nitrogens with one attached hydrogen (secondary N) is 2. The Kier molecular flexibility index (Phi) is 5.39. The highest BCUT2D eigenvalue weighted by Gasteiger charge is 2.34. The summed E-state index contributed by atoms with van der Waals surface area (Å²) in [6, 6.07) is 9.27. The SMILES string of the molecule is Cc1nc(C(=O)NCCN2C(=O)S/C(=C/c3ccccc3)C2=O)nn1-c1ncn[nH]1. The molecule has 2 N–H and O–H groups in total. The Morgan fingerprint density at radius 2 is 2.07 bits per heavy atom. The summed E-state index contributed by atoms with van der Waals surface area (Å²) in [5.74, 6) is -0.173. The lowest BCUT2D eigenvalue weighted by atomic mass is 10.2. The molecule has 0 saturated carbocycles. The Morgan fingerprint density at radius 3 is 2.80 bits per heavy atom. The number of amides is 3. The summed E-state index contributed by atoms with van der Waals surface area (Å²) >= 11 is 0.877. The number of aromatic nitrogens is 6. The van der Waals surface area contributed by atoms with Gasteiger partial charge in [0.25, 0.3) is 17.1 Å². The number of rotatable bonds is 6. The largest absolute Gasteiger partial charge is 0.347 e. The molecule has 152 valence electrons. The van der Waals surface area contributed by atoms with E-state index in [2.05, 4.69) is 30.6 Å².